The minimum absolute atomic E-state index is 0.160. The molecular weight excluding hydrogens is 358 g/mol. The standard InChI is InChI=1S/C26H21NO2/c28-26(22-10-4-5-12-24(22)29-17-18-7-2-1-3-8-18)27-23-16-15-20-14-13-19-9-6-11-21(23)25(19)20/h1-12,15-16H,13-14,17H2,(H,27,28). The van der Waals surface area contributed by atoms with Crippen LogP contribution >= 0.6 is 0 Å². The molecule has 29 heavy (non-hydrogen) atoms. The number of carbonyl (C=O) groups excluding carboxylic acids is 1. The second kappa shape index (κ2) is 7.44. The molecule has 0 saturated heterocycles. The Morgan fingerprint density at radius 1 is 0.793 bits per heavy atom. The minimum atomic E-state index is -0.160. The van der Waals surface area contributed by atoms with Gasteiger partial charge in [0, 0.05) is 11.1 Å². The van der Waals surface area contributed by atoms with Crippen molar-refractivity contribution in [2.45, 2.75) is 19.4 Å². The molecule has 0 saturated carbocycles. The van der Waals surface area contributed by atoms with Crippen molar-refractivity contribution >= 4 is 22.4 Å². The van der Waals surface area contributed by atoms with Crippen molar-refractivity contribution in [1.82, 2.24) is 0 Å². The first-order valence-electron chi connectivity index (χ1n) is 9.90. The molecule has 0 radical (unpaired) electrons. The largest absolute Gasteiger partial charge is 0.488 e. The summed E-state index contributed by atoms with van der Waals surface area (Å²) in [5.74, 6) is 0.423. The molecule has 1 aliphatic carbocycles. The molecule has 4 aromatic carbocycles. The Kier molecular flexibility index (Phi) is 4.49. The maximum Gasteiger partial charge on any atom is 0.259 e. The van der Waals surface area contributed by atoms with Crippen molar-refractivity contribution < 1.29 is 9.53 Å². The molecule has 1 amide bonds. The third kappa shape index (κ3) is 3.36. The number of hydrogen-bond donors (Lipinski definition) is 1. The lowest BCUT2D eigenvalue weighted by atomic mass is 10.0. The smallest absolute Gasteiger partial charge is 0.259 e. The molecule has 0 spiro atoms. The quantitative estimate of drug-likeness (QED) is 0.478. The SMILES string of the molecule is O=C(Nc1ccc2c3c(cccc13)CC2)c1ccccc1OCc1ccccc1. The van der Waals surface area contributed by atoms with Gasteiger partial charge in [0.15, 0.2) is 0 Å². The Balaban J connectivity index is 1.42. The lowest BCUT2D eigenvalue weighted by Gasteiger charge is -2.14. The first-order valence-corrected chi connectivity index (χ1v) is 9.90. The van der Waals surface area contributed by atoms with Crippen LogP contribution in [0.3, 0.4) is 0 Å². The van der Waals surface area contributed by atoms with E-state index in [0.717, 1.165) is 29.5 Å². The highest BCUT2D eigenvalue weighted by Crippen LogP contribution is 2.35. The number of benzene rings is 4. The minimum Gasteiger partial charge on any atom is -0.488 e. The summed E-state index contributed by atoms with van der Waals surface area (Å²) in [7, 11) is 0. The topological polar surface area (TPSA) is 38.3 Å². The molecule has 0 aliphatic heterocycles. The number of anilines is 1. The van der Waals surface area contributed by atoms with Crippen LogP contribution < -0.4 is 10.1 Å². The summed E-state index contributed by atoms with van der Waals surface area (Å²) in [5, 5.41) is 5.50. The molecule has 0 bridgehead atoms. The van der Waals surface area contributed by atoms with Crippen LogP contribution in [0.15, 0.2) is 84.9 Å². The summed E-state index contributed by atoms with van der Waals surface area (Å²) in [6, 6.07) is 27.8. The fourth-order valence-electron chi connectivity index (χ4n) is 4.06. The van der Waals surface area contributed by atoms with Crippen LogP contribution in [0.5, 0.6) is 5.75 Å². The van der Waals surface area contributed by atoms with Gasteiger partial charge in [-0.3, -0.25) is 4.79 Å². The van der Waals surface area contributed by atoms with E-state index in [2.05, 4.69) is 29.6 Å². The van der Waals surface area contributed by atoms with E-state index in [1.807, 2.05) is 54.6 Å². The van der Waals surface area contributed by atoms with E-state index in [1.165, 1.54) is 16.5 Å². The molecule has 3 nitrogen and oxygen atoms in total. The lowest BCUT2D eigenvalue weighted by Crippen LogP contribution is -2.14. The van der Waals surface area contributed by atoms with Gasteiger partial charge in [-0.05, 0) is 53.1 Å². The average molecular weight is 379 g/mol. The van der Waals surface area contributed by atoms with Gasteiger partial charge in [0.1, 0.15) is 12.4 Å². The molecule has 4 aromatic rings. The van der Waals surface area contributed by atoms with Crippen LogP contribution in [0.1, 0.15) is 27.0 Å². The predicted octanol–water partition coefficient (Wildman–Crippen LogP) is 5.77. The van der Waals surface area contributed by atoms with Gasteiger partial charge < -0.3 is 10.1 Å². The maximum absolute atomic E-state index is 13.1. The van der Waals surface area contributed by atoms with Gasteiger partial charge in [-0.15, -0.1) is 0 Å². The molecular formula is C26H21NO2. The summed E-state index contributed by atoms with van der Waals surface area (Å²) in [6.07, 6.45) is 2.14. The first kappa shape index (κ1) is 17.5. The Hall–Kier alpha value is -3.59. The van der Waals surface area contributed by atoms with Gasteiger partial charge in [-0.2, -0.15) is 0 Å². The van der Waals surface area contributed by atoms with E-state index in [-0.39, 0.29) is 5.91 Å². The summed E-state index contributed by atoms with van der Waals surface area (Å²) in [4.78, 5) is 13.1. The van der Waals surface area contributed by atoms with E-state index >= 15 is 0 Å². The van der Waals surface area contributed by atoms with Gasteiger partial charge in [0.25, 0.3) is 5.91 Å². The molecule has 1 aliphatic rings. The van der Waals surface area contributed by atoms with Crippen LogP contribution in [0.25, 0.3) is 10.8 Å². The van der Waals surface area contributed by atoms with Crippen molar-refractivity contribution in [2.24, 2.45) is 0 Å². The van der Waals surface area contributed by atoms with Crippen LogP contribution in [-0.2, 0) is 19.4 Å². The van der Waals surface area contributed by atoms with E-state index < -0.39 is 0 Å². The summed E-state index contributed by atoms with van der Waals surface area (Å²) >= 11 is 0. The van der Waals surface area contributed by atoms with Crippen LogP contribution in [0.2, 0.25) is 0 Å². The molecule has 142 valence electrons. The summed E-state index contributed by atoms with van der Waals surface area (Å²) in [6.45, 7) is 0.423. The van der Waals surface area contributed by atoms with Crippen molar-refractivity contribution in [1.29, 1.82) is 0 Å². The zero-order valence-electron chi connectivity index (χ0n) is 16.0. The highest BCUT2D eigenvalue weighted by atomic mass is 16.5. The van der Waals surface area contributed by atoms with Crippen LogP contribution in [0, 0.1) is 0 Å². The number of amides is 1. The second-order valence-electron chi connectivity index (χ2n) is 7.34. The second-order valence-corrected chi connectivity index (χ2v) is 7.34. The lowest BCUT2D eigenvalue weighted by molar-refractivity contribution is 0.102. The van der Waals surface area contributed by atoms with E-state index in [4.69, 9.17) is 4.74 Å². The monoisotopic (exact) mass is 379 g/mol. The van der Waals surface area contributed by atoms with Gasteiger partial charge in [-0.1, -0.05) is 66.7 Å². The number of nitrogens with one attached hydrogen (secondary N) is 1. The number of para-hydroxylation sites is 1. The fraction of sp³-hybridized carbons (Fsp3) is 0.115. The van der Waals surface area contributed by atoms with Gasteiger partial charge in [0.05, 0.1) is 5.56 Å². The first-order chi connectivity index (χ1) is 14.3. The van der Waals surface area contributed by atoms with Crippen molar-refractivity contribution in [3.8, 4) is 5.75 Å². The van der Waals surface area contributed by atoms with Gasteiger partial charge >= 0.3 is 0 Å². The van der Waals surface area contributed by atoms with Gasteiger partial charge in [0.2, 0.25) is 0 Å². The fourth-order valence-corrected chi connectivity index (χ4v) is 4.06. The molecule has 0 heterocycles. The number of hydrogen-bond acceptors (Lipinski definition) is 2. The van der Waals surface area contributed by atoms with E-state index in [9.17, 15) is 4.79 Å². The molecule has 0 atom stereocenters. The Morgan fingerprint density at radius 3 is 2.41 bits per heavy atom. The number of rotatable bonds is 5. The predicted molar refractivity (Wildman–Crippen MR) is 117 cm³/mol. The maximum atomic E-state index is 13.1. The number of ether oxygens (including phenoxy) is 1. The number of aryl methyl sites for hydroxylation is 2. The van der Waals surface area contributed by atoms with Crippen molar-refractivity contribution in [2.75, 3.05) is 5.32 Å². The normalized spacial score (nSPS) is 12.1. The third-order valence-electron chi connectivity index (χ3n) is 5.49. The zero-order chi connectivity index (χ0) is 19.6. The highest BCUT2D eigenvalue weighted by Gasteiger charge is 2.18. The molecule has 0 fully saturated rings. The molecule has 0 unspecified atom stereocenters. The summed E-state index contributed by atoms with van der Waals surface area (Å²) in [5.41, 5.74) is 5.16. The Labute approximate surface area is 170 Å². The van der Waals surface area contributed by atoms with Crippen molar-refractivity contribution in [3.63, 3.8) is 0 Å². The van der Waals surface area contributed by atoms with Crippen LogP contribution in [0.4, 0.5) is 5.69 Å². The zero-order valence-corrected chi connectivity index (χ0v) is 16.0. The van der Waals surface area contributed by atoms with Crippen LogP contribution in [-0.4, -0.2) is 5.91 Å². The number of carbonyl (C=O) groups is 1. The summed E-state index contributed by atoms with van der Waals surface area (Å²) < 4.78 is 5.96. The van der Waals surface area contributed by atoms with Gasteiger partial charge in [-0.25, -0.2) is 0 Å². The van der Waals surface area contributed by atoms with E-state index in [0.29, 0.717) is 17.9 Å². The van der Waals surface area contributed by atoms with Crippen molar-refractivity contribution in [3.05, 3.63) is 107 Å². The molecule has 3 heteroatoms. The molecule has 1 N–H and O–H groups in total. The highest BCUT2D eigenvalue weighted by molar-refractivity contribution is 6.11. The third-order valence-corrected chi connectivity index (χ3v) is 5.49. The molecule has 5 rings (SSSR count). The van der Waals surface area contributed by atoms with E-state index in [1.54, 1.807) is 6.07 Å². The molecule has 0 aromatic heterocycles. The Bertz CT molecular complexity index is 1190. The average Bonchev–Trinajstić information content (AvgIpc) is 3.20. The Morgan fingerprint density at radius 2 is 1.55 bits per heavy atom.